The molecule has 1 saturated heterocycles. The monoisotopic (exact) mass is 323 g/mol. The van der Waals surface area contributed by atoms with Gasteiger partial charge in [-0.05, 0) is 26.2 Å². The molecule has 1 atom stereocenters. The molecule has 0 spiro atoms. The van der Waals surface area contributed by atoms with Gasteiger partial charge in [0, 0.05) is 38.6 Å². The number of carbonyl (C=O) groups excluding carboxylic acids is 2. The Balaban J connectivity index is 1.84. The van der Waals surface area contributed by atoms with E-state index >= 15 is 0 Å². The van der Waals surface area contributed by atoms with Crippen molar-refractivity contribution >= 4 is 11.9 Å². The maximum atomic E-state index is 12.5. The first-order valence-electron chi connectivity index (χ1n) is 8.22. The van der Waals surface area contributed by atoms with Gasteiger partial charge in [0.1, 0.15) is 6.10 Å². The van der Waals surface area contributed by atoms with E-state index < -0.39 is 0 Å². The third-order valence-corrected chi connectivity index (χ3v) is 3.81. The van der Waals surface area contributed by atoms with Gasteiger partial charge in [-0.2, -0.15) is 0 Å². The quantitative estimate of drug-likeness (QED) is 0.639. The molecule has 1 aromatic rings. The predicted octanol–water partition coefficient (Wildman–Crippen LogP) is 1.23. The van der Waals surface area contributed by atoms with Crippen LogP contribution in [0.2, 0.25) is 0 Å². The van der Waals surface area contributed by atoms with E-state index in [1.165, 1.54) is 0 Å². The van der Waals surface area contributed by atoms with E-state index in [2.05, 4.69) is 4.98 Å². The third kappa shape index (κ3) is 5.67. The number of ether oxygens (including phenoxy) is 2. The first kappa shape index (κ1) is 17.5. The highest BCUT2D eigenvalue weighted by atomic mass is 16.5. The second kappa shape index (κ2) is 9.29. The van der Waals surface area contributed by atoms with Crippen LogP contribution in [0.3, 0.4) is 0 Å². The molecule has 1 aliphatic heterocycles. The first-order valence-corrected chi connectivity index (χ1v) is 8.22. The van der Waals surface area contributed by atoms with E-state index in [1.54, 1.807) is 24.3 Å². The summed E-state index contributed by atoms with van der Waals surface area (Å²) in [6, 6.07) is 0. The zero-order valence-corrected chi connectivity index (χ0v) is 13.6. The summed E-state index contributed by atoms with van der Waals surface area (Å²) in [6.45, 7) is 4.53. The summed E-state index contributed by atoms with van der Waals surface area (Å²) in [6.07, 6.45) is 7.72. The minimum absolute atomic E-state index is 0.0163. The van der Waals surface area contributed by atoms with E-state index in [9.17, 15) is 9.59 Å². The van der Waals surface area contributed by atoms with Gasteiger partial charge in [-0.1, -0.05) is 0 Å². The van der Waals surface area contributed by atoms with E-state index in [4.69, 9.17) is 9.47 Å². The van der Waals surface area contributed by atoms with Crippen molar-refractivity contribution in [3.63, 3.8) is 0 Å². The Kier molecular flexibility index (Phi) is 7.06. The number of hydrogen-bond acceptors (Lipinski definition) is 5. The fourth-order valence-electron chi connectivity index (χ4n) is 2.63. The SMILES string of the molecule is CCOC(=O)CCN(CCCn1ccnc1)C(=O)C1CCCO1. The van der Waals surface area contributed by atoms with E-state index in [0.717, 1.165) is 25.8 Å². The Bertz CT molecular complexity index is 484. The Labute approximate surface area is 136 Å². The lowest BCUT2D eigenvalue weighted by molar-refractivity contribution is -0.146. The summed E-state index contributed by atoms with van der Waals surface area (Å²) in [7, 11) is 0. The van der Waals surface area contributed by atoms with Crippen LogP contribution in [0.5, 0.6) is 0 Å². The molecule has 0 radical (unpaired) electrons. The maximum Gasteiger partial charge on any atom is 0.307 e. The zero-order valence-electron chi connectivity index (χ0n) is 13.6. The topological polar surface area (TPSA) is 73.7 Å². The van der Waals surface area contributed by atoms with Crippen LogP contribution >= 0.6 is 0 Å². The van der Waals surface area contributed by atoms with Gasteiger partial charge in [0.2, 0.25) is 0 Å². The number of amides is 1. The summed E-state index contributed by atoms with van der Waals surface area (Å²) in [5.41, 5.74) is 0. The molecule has 1 unspecified atom stereocenters. The molecule has 23 heavy (non-hydrogen) atoms. The molecule has 1 fully saturated rings. The van der Waals surface area contributed by atoms with Crippen molar-refractivity contribution in [1.82, 2.24) is 14.5 Å². The van der Waals surface area contributed by atoms with Crippen LogP contribution in [0.15, 0.2) is 18.7 Å². The summed E-state index contributed by atoms with van der Waals surface area (Å²) < 4.78 is 12.4. The molecule has 7 heteroatoms. The number of aryl methyl sites for hydroxylation is 1. The second-order valence-corrected chi connectivity index (χ2v) is 5.54. The minimum Gasteiger partial charge on any atom is -0.466 e. The molecule has 2 rings (SSSR count). The van der Waals surface area contributed by atoms with Crippen molar-refractivity contribution in [2.24, 2.45) is 0 Å². The fraction of sp³-hybridized carbons (Fsp3) is 0.688. The number of hydrogen-bond donors (Lipinski definition) is 0. The summed E-state index contributed by atoms with van der Waals surface area (Å²) in [5, 5.41) is 0. The van der Waals surface area contributed by atoms with Crippen LogP contribution in [0, 0.1) is 0 Å². The van der Waals surface area contributed by atoms with Crippen molar-refractivity contribution in [2.75, 3.05) is 26.3 Å². The molecule has 1 aromatic heterocycles. The van der Waals surface area contributed by atoms with Gasteiger partial charge in [0.25, 0.3) is 5.91 Å². The van der Waals surface area contributed by atoms with Crippen molar-refractivity contribution in [3.8, 4) is 0 Å². The lowest BCUT2D eigenvalue weighted by Crippen LogP contribution is -2.41. The van der Waals surface area contributed by atoms with Crippen molar-refractivity contribution < 1.29 is 19.1 Å². The molecule has 0 N–H and O–H groups in total. The molecular formula is C16H25N3O4. The molecular weight excluding hydrogens is 298 g/mol. The molecule has 2 heterocycles. The van der Waals surface area contributed by atoms with Crippen LogP contribution in [0.4, 0.5) is 0 Å². The molecule has 1 amide bonds. The molecule has 0 aromatic carbocycles. The average molecular weight is 323 g/mol. The predicted molar refractivity (Wildman–Crippen MR) is 83.6 cm³/mol. The van der Waals surface area contributed by atoms with Crippen LogP contribution in [0.1, 0.15) is 32.6 Å². The number of rotatable bonds is 9. The smallest absolute Gasteiger partial charge is 0.307 e. The maximum absolute atomic E-state index is 12.5. The minimum atomic E-state index is -0.356. The summed E-state index contributed by atoms with van der Waals surface area (Å²) in [5.74, 6) is -0.287. The molecule has 7 nitrogen and oxygen atoms in total. The van der Waals surface area contributed by atoms with E-state index in [0.29, 0.717) is 26.3 Å². The molecule has 0 saturated carbocycles. The number of aromatic nitrogens is 2. The third-order valence-electron chi connectivity index (χ3n) is 3.81. The Hall–Kier alpha value is -1.89. The number of carbonyl (C=O) groups is 2. The number of nitrogens with zero attached hydrogens (tertiary/aromatic N) is 3. The first-order chi connectivity index (χ1) is 11.2. The highest BCUT2D eigenvalue weighted by Gasteiger charge is 2.28. The number of imidazole rings is 1. The van der Waals surface area contributed by atoms with E-state index in [1.807, 2.05) is 10.8 Å². The highest BCUT2D eigenvalue weighted by Crippen LogP contribution is 2.15. The standard InChI is InChI=1S/C16H25N3O4/c1-2-22-15(20)6-10-19(16(21)14-5-3-12-23-14)9-4-8-18-11-7-17-13-18/h7,11,13-14H,2-6,8-10,12H2,1H3. The Morgan fingerprint density at radius 2 is 2.30 bits per heavy atom. The lowest BCUT2D eigenvalue weighted by Gasteiger charge is -2.25. The van der Waals surface area contributed by atoms with Gasteiger partial charge in [0.05, 0.1) is 19.4 Å². The average Bonchev–Trinajstić information content (AvgIpc) is 3.23. The number of esters is 1. The van der Waals surface area contributed by atoms with E-state index in [-0.39, 0.29) is 24.4 Å². The van der Waals surface area contributed by atoms with Gasteiger partial charge >= 0.3 is 5.97 Å². The lowest BCUT2D eigenvalue weighted by atomic mass is 10.2. The van der Waals surface area contributed by atoms with Gasteiger partial charge in [0.15, 0.2) is 0 Å². The zero-order chi connectivity index (χ0) is 16.5. The van der Waals surface area contributed by atoms with Gasteiger partial charge < -0.3 is 18.9 Å². The van der Waals surface area contributed by atoms with Crippen LogP contribution < -0.4 is 0 Å². The fourth-order valence-corrected chi connectivity index (χ4v) is 2.63. The summed E-state index contributed by atoms with van der Waals surface area (Å²) >= 11 is 0. The largest absolute Gasteiger partial charge is 0.466 e. The van der Waals surface area contributed by atoms with Gasteiger partial charge in [-0.15, -0.1) is 0 Å². The molecule has 128 valence electrons. The van der Waals surface area contributed by atoms with Gasteiger partial charge in [-0.3, -0.25) is 9.59 Å². The molecule has 0 aliphatic carbocycles. The van der Waals surface area contributed by atoms with Gasteiger partial charge in [-0.25, -0.2) is 4.98 Å². The Morgan fingerprint density at radius 3 is 2.96 bits per heavy atom. The van der Waals surface area contributed by atoms with Crippen molar-refractivity contribution in [2.45, 2.75) is 45.3 Å². The Morgan fingerprint density at radius 1 is 1.43 bits per heavy atom. The van der Waals surface area contributed by atoms with Crippen LogP contribution in [-0.2, 0) is 25.6 Å². The highest BCUT2D eigenvalue weighted by molar-refractivity contribution is 5.81. The molecule has 0 bridgehead atoms. The van der Waals surface area contributed by atoms with Crippen molar-refractivity contribution in [3.05, 3.63) is 18.7 Å². The second-order valence-electron chi connectivity index (χ2n) is 5.54. The van der Waals surface area contributed by atoms with Crippen LogP contribution in [-0.4, -0.2) is 58.7 Å². The molecule has 1 aliphatic rings. The van der Waals surface area contributed by atoms with Crippen LogP contribution in [0.25, 0.3) is 0 Å². The normalized spacial score (nSPS) is 17.2. The summed E-state index contributed by atoms with van der Waals surface area (Å²) in [4.78, 5) is 29.8. The van der Waals surface area contributed by atoms with Crippen molar-refractivity contribution in [1.29, 1.82) is 0 Å².